The van der Waals surface area contributed by atoms with Crippen molar-refractivity contribution in [2.75, 3.05) is 39.4 Å². The molecule has 3 atom stereocenters. The predicted octanol–water partition coefficient (Wildman–Crippen LogP) is 4.20. The first-order valence-corrected chi connectivity index (χ1v) is 12.2. The lowest BCUT2D eigenvalue weighted by molar-refractivity contribution is -0.178. The zero-order valence-corrected chi connectivity index (χ0v) is 20.3. The summed E-state index contributed by atoms with van der Waals surface area (Å²) in [6.45, 7) is 3.59. The number of halogens is 2. The fraction of sp³-hybridized carbons (Fsp3) is 0.440. The average molecular weight is 507 g/mol. The number of aliphatic carboxylic acids is 1. The van der Waals surface area contributed by atoms with Crippen LogP contribution in [0.15, 0.2) is 48.5 Å². The third-order valence-corrected chi connectivity index (χ3v) is 6.76. The van der Waals surface area contributed by atoms with Crippen LogP contribution in [0.5, 0.6) is 0 Å². The first kappa shape index (κ1) is 24.9. The molecule has 7 nitrogen and oxygen atoms in total. The lowest BCUT2D eigenvalue weighted by Crippen LogP contribution is -2.52. The Morgan fingerprint density at radius 3 is 2.15 bits per heavy atom. The van der Waals surface area contributed by atoms with Gasteiger partial charge in [-0.1, -0.05) is 47.5 Å². The Morgan fingerprint density at radius 2 is 1.56 bits per heavy atom. The molecule has 2 aromatic rings. The van der Waals surface area contributed by atoms with E-state index < -0.39 is 30.8 Å². The maximum Gasteiger partial charge on any atom is 0.323 e. The highest BCUT2D eigenvalue weighted by Crippen LogP contribution is 2.43. The lowest BCUT2D eigenvalue weighted by Gasteiger charge is -2.44. The number of carbonyl (C=O) groups is 2. The summed E-state index contributed by atoms with van der Waals surface area (Å²) in [5.41, 5.74) is 1.58. The van der Waals surface area contributed by atoms with Gasteiger partial charge in [-0.05, 0) is 54.8 Å². The molecule has 0 aliphatic carbocycles. The van der Waals surface area contributed by atoms with Gasteiger partial charge in [-0.2, -0.15) is 0 Å². The van der Waals surface area contributed by atoms with Crippen LogP contribution in [-0.2, 0) is 19.1 Å². The number of morpholine rings is 2. The van der Waals surface area contributed by atoms with Crippen molar-refractivity contribution in [2.24, 2.45) is 0 Å². The molecule has 1 amide bonds. The second kappa shape index (κ2) is 11.5. The van der Waals surface area contributed by atoms with Crippen LogP contribution in [0.4, 0.5) is 0 Å². The van der Waals surface area contributed by atoms with Gasteiger partial charge < -0.3 is 19.5 Å². The number of benzene rings is 2. The van der Waals surface area contributed by atoms with Crippen LogP contribution in [0.3, 0.4) is 0 Å². The van der Waals surface area contributed by atoms with E-state index in [9.17, 15) is 14.7 Å². The fourth-order valence-corrected chi connectivity index (χ4v) is 4.81. The zero-order valence-electron chi connectivity index (χ0n) is 18.7. The Bertz CT molecular complexity index is 980. The minimum atomic E-state index is -1.07. The number of ether oxygens (including phenoxy) is 2. The molecule has 4 rings (SSSR count). The monoisotopic (exact) mass is 506 g/mol. The second-order valence-electron chi connectivity index (χ2n) is 8.55. The molecule has 1 N–H and O–H groups in total. The second-order valence-corrected chi connectivity index (χ2v) is 9.42. The highest BCUT2D eigenvalue weighted by Gasteiger charge is 2.44. The van der Waals surface area contributed by atoms with Gasteiger partial charge in [-0.25, -0.2) is 0 Å². The Morgan fingerprint density at radius 1 is 0.971 bits per heavy atom. The van der Waals surface area contributed by atoms with E-state index >= 15 is 0 Å². The highest BCUT2D eigenvalue weighted by molar-refractivity contribution is 6.30. The molecule has 2 aliphatic heterocycles. The topological polar surface area (TPSA) is 79.3 Å². The zero-order chi connectivity index (χ0) is 24.1. The molecule has 2 heterocycles. The van der Waals surface area contributed by atoms with Gasteiger partial charge in [-0.3, -0.25) is 14.5 Å². The van der Waals surface area contributed by atoms with Crippen molar-refractivity contribution in [3.05, 3.63) is 69.7 Å². The maximum absolute atomic E-state index is 13.5. The molecule has 2 aromatic carbocycles. The average Bonchev–Trinajstić information content (AvgIpc) is 2.83. The predicted molar refractivity (Wildman–Crippen MR) is 129 cm³/mol. The first-order chi connectivity index (χ1) is 16.4. The molecule has 0 spiro atoms. The summed E-state index contributed by atoms with van der Waals surface area (Å²) >= 11 is 12.2. The molecule has 34 heavy (non-hydrogen) atoms. The number of carboxylic acids is 1. The Kier molecular flexibility index (Phi) is 8.45. The smallest absolute Gasteiger partial charge is 0.323 e. The number of hydrogen-bond acceptors (Lipinski definition) is 5. The number of hydrogen-bond donors (Lipinski definition) is 1. The number of amides is 1. The van der Waals surface area contributed by atoms with E-state index in [0.717, 1.165) is 37.2 Å². The summed E-state index contributed by atoms with van der Waals surface area (Å²) in [6.07, 6.45) is -0.0199. The quantitative estimate of drug-likeness (QED) is 0.577. The van der Waals surface area contributed by atoms with Crippen molar-refractivity contribution in [3.63, 3.8) is 0 Å². The summed E-state index contributed by atoms with van der Waals surface area (Å²) in [6, 6.07) is 13.7. The molecule has 0 radical (unpaired) electrons. The van der Waals surface area contributed by atoms with Crippen molar-refractivity contribution in [1.29, 1.82) is 0 Å². The van der Waals surface area contributed by atoms with Gasteiger partial charge in [0.1, 0.15) is 18.8 Å². The van der Waals surface area contributed by atoms with E-state index in [0.29, 0.717) is 29.7 Å². The van der Waals surface area contributed by atoms with E-state index in [-0.39, 0.29) is 5.91 Å². The summed E-state index contributed by atoms with van der Waals surface area (Å²) in [5.74, 6) is -1.38. The van der Waals surface area contributed by atoms with Crippen molar-refractivity contribution < 1.29 is 24.2 Å². The maximum atomic E-state index is 13.5. The highest BCUT2D eigenvalue weighted by atomic mass is 35.5. The van der Waals surface area contributed by atoms with Gasteiger partial charge in [0.2, 0.25) is 0 Å². The normalized spacial score (nSPS) is 23.8. The molecule has 182 valence electrons. The number of rotatable bonds is 8. The van der Waals surface area contributed by atoms with Crippen LogP contribution in [0.25, 0.3) is 0 Å². The third kappa shape index (κ3) is 6.09. The molecule has 2 fully saturated rings. The van der Waals surface area contributed by atoms with Crippen LogP contribution in [0, 0.1) is 0 Å². The summed E-state index contributed by atoms with van der Waals surface area (Å²) in [7, 11) is 0. The Labute approximate surface area is 209 Å². The molecule has 0 bridgehead atoms. The molecule has 9 heteroatoms. The van der Waals surface area contributed by atoms with Crippen LogP contribution >= 0.6 is 23.2 Å². The van der Waals surface area contributed by atoms with Gasteiger partial charge in [0.25, 0.3) is 5.91 Å². The molecular weight excluding hydrogens is 479 g/mol. The minimum Gasteiger partial charge on any atom is -0.480 e. The summed E-state index contributed by atoms with van der Waals surface area (Å²) < 4.78 is 11.8. The SMILES string of the molecule is O=C(O)CN1C(=O)[C@H](CCCN2CCOCC2)OC(c2ccc(Cl)cc2)C1c1ccc(Cl)cc1. The van der Waals surface area contributed by atoms with Gasteiger partial charge in [0, 0.05) is 23.1 Å². The molecule has 0 saturated carbocycles. The van der Waals surface area contributed by atoms with E-state index in [2.05, 4.69) is 4.90 Å². The lowest BCUT2D eigenvalue weighted by atomic mass is 9.91. The molecule has 2 unspecified atom stereocenters. The van der Waals surface area contributed by atoms with Crippen LogP contribution in [-0.4, -0.2) is 72.3 Å². The first-order valence-electron chi connectivity index (χ1n) is 11.4. The third-order valence-electron chi connectivity index (χ3n) is 6.25. The Balaban J connectivity index is 1.61. The number of carboxylic acid groups (broad SMARTS) is 1. The fourth-order valence-electron chi connectivity index (χ4n) is 4.56. The molecule has 2 aliphatic rings. The summed E-state index contributed by atoms with van der Waals surface area (Å²) in [5, 5.41) is 10.8. The molecular formula is C25H28Cl2N2O5. The number of nitrogens with zero attached hydrogens (tertiary/aromatic N) is 2. The van der Waals surface area contributed by atoms with Crippen molar-refractivity contribution >= 4 is 35.1 Å². The van der Waals surface area contributed by atoms with Crippen molar-refractivity contribution in [2.45, 2.75) is 31.1 Å². The van der Waals surface area contributed by atoms with E-state index in [1.165, 1.54) is 4.90 Å². The van der Waals surface area contributed by atoms with Crippen LogP contribution in [0.1, 0.15) is 36.1 Å². The van der Waals surface area contributed by atoms with Crippen molar-refractivity contribution in [3.8, 4) is 0 Å². The van der Waals surface area contributed by atoms with E-state index in [1.807, 2.05) is 12.1 Å². The molecule has 0 aromatic heterocycles. The van der Waals surface area contributed by atoms with Gasteiger partial charge >= 0.3 is 5.97 Å². The molecule has 2 saturated heterocycles. The van der Waals surface area contributed by atoms with Crippen LogP contribution < -0.4 is 0 Å². The largest absolute Gasteiger partial charge is 0.480 e. The van der Waals surface area contributed by atoms with Crippen LogP contribution in [0.2, 0.25) is 10.0 Å². The minimum absolute atomic E-state index is 0.311. The van der Waals surface area contributed by atoms with Gasteiger partial charge in [0.15, 0.2) is 0 Å². The van der Waals surface area contributed by atoms with E-state index in [1.54, 1.807) is 36.4 Å². The Hall–Kier alpha value is -2.16. The van der Waals surface area contributed by atoms with Gasteiger partial charge in [0.05, 0.1) is 19.3 Å². The van der Waals surface area contributed by atoms with Gasteiger partial charge in [-0.15, -0.1) is 0 Å². The van der Waals surface area contributed by atoms with Crippen molar-refractivity contribution in [1.82, 2.24) is 9.80 Å². The standard InChI is InChI=1S/C25H28Cl2N2O5/c26-19-7-3-17(4-8-19)23-24(18-5-9-20(27)10-6-18)34-21(25(32)29(23)16-22(30)31)2-1-11-28-12-14-33-15-13-28/h3-10,21,23-24H,1-2,11-16H2,(H,30,31)/t21-,23?,24?/m0/s1. The number of carbonyl (C=O) groups excluding carboxylic acids is 1. The summed E-state index contributed by atoms with van der Waals surface area (Å²) in [4.78, 5) is 29.0. The van der Waals surface area contributed by atoms with E-state index in [4.69, 9.17) is 32.7 Å².